The van der Waals surface area contributed by atoms with Gasteiger partial charge in [-0.3, -0.25) is 0 Å². The average molecular weight is 126 g/mol. The Labute approximate surface area is 56.8 Å². The molecular weight excluding hydrogens is 112 g/mol. The van der Waals surface area contributed by atoms with Gasteiger partial charge in [0, 0.05) is 6.42 Å². The number of hydrogen-bond acceptors (Lipinski definition) is 1. The van der Waals surface area contributed by atoms with Crippen molar-refractivity contribution < 1.29 is 4.79 Å². The molecule has 0 unspecified atom stereocenters. The van der Waals surface area contributed by atoms with Crippen molar-refractivity contribution in [1.29, 1.82) is 0 Å². The number of aldehydes is 1. The Morgan fingerprint density at radius 2 is 2.22 bits per heavy atom. The first-order valence-corrected chi connectivity index (χ1v) is 3.29. The summed E-state index contributed by atoms with van der Waals surface area (Å²) in [6.45, 7) is 8.01. The molecule has 0 rings (SSSR count). The SMILES string of the molecule is C=C(CCC=O)C(C)C. The molecule has 0 fully saturated rings. The van der Waals surface area contributed by atoms with Gasteiger partial charge in [0.2, 0.25) is 0 Å². The summed E-state index contributed by atoms with van der Waals surface area (Å²) in [5, 5.41) is 0. The zero-order chi connectivity index (χ0) is 7.28. The molecule has 1 heteroatoms. The van der Waals surface area contributed by atoms with Crippen molar-refractivity contribution in [2.75, 3.05) is 0 Å². The van der Waals surface area contributed by atoms with Crippen LogP contribution in [0.4, 0.5) is 0 Å². The van der Waals surface area contributed by atoms with Crippen LogP contribution in [-0.4, -0.2) is 6.29 Å². The Morgan fingerprint density at radius 1 is 1.67 bits per heavy atom. The van der Waals surface area contributed by atoms with Crippen molar-refractivity contribution in [1.82, 2.24) is 0 Å². The maximum Gasteiger partial charge on any atom is 0.120 e. The highest BCUT2D eigenvalue weighted by Crippen LogP contribution is 2.11. The quantitative estimate of drug-likeness (QED) is 0.417. The van der Waals surface area contributed by atoms with Crippen LogP contribution in [0.1, 0.15) is 26.7 Å². The predicted molar refractivity (Wildman–Crippen MR) is 39.3 cm³/mol. The van der Waals surface area contributed by atoms with Gasteiger partial charge < -0.3 is 4.79 Å². The highest BCUT2D eigenvalue weighted by molar-refractivity contribution is 5.49. The van der Waals surface area contributed by atoms with Crippen molar-refractivity contribution in [3.63, 3.8) is 0 Å². The molecule has 0 aromatic rings. The summed E-state index contributed by atoms with van der Waals surface area (Å²) in [6, 6.07) is 0. The molecule has 0 spiro atoms. The van der Waals surface area contributed by atoms with E-state index in [9.17, 15) is 4.79 Å². The first kappa shape index (κ1) is 8.41. The van der Waals surface area contributed by atoms with E-state index < -0.39 is 0 Å². The van der Waals surface area contributed by atoms with E-state index >= 15 is 0 Å². The largest absolute Gasteiger partial charge is 0.303 e. The van der Waals surface area contributed by atoms with E-state index in [1.165, 1.54) is 5.57 Å². The van der Waals surface area contributed by atoms with Crippen molar-refractivity contribution in [3.8, 4) is 0 Å². The molecule has 0 aliphatic rings. The van der Waals surface area contributed by atoms with Crippen LogP contribution < -0.4 is 0 Å². The summed E-state index contributed by atoms with van der Waals surface area (Å²) >= 11 is 0. The maximum absolute atomic E-state index is 9.89. The van der Waals surface area contributed by atoms with Gasteiger partial charge in [0.1, 0.15) is 6.29 Å². The lowest BCUT2D eigenvalue weighted by Crippen LogP contribution is -1.91. The van der Waals surface area contributed by atoms with Crippen molar-refractivity contribution in [3.05, 3.63) is 12.2 Å². The molecule has 1 nitrogen and oxygen atoms in total. The third kappa shape index (κ3) is 3.95. The lowest BCUT2D eigenvalue weighted by molar-refractivity contribution is -0.107. The van der Waals surface area contributed by atoms with E-state index in [1.54, 1.807) is 0 Å². The highest BCUT2D eigenvalue weighted by Gasteiger charge is 1.97. The van der Waals surface area contributed by atoms with Gasteiger partial charge in [-0.1, -0.05) is 26.0 Å². The normalized spacial score (nSPS) is 9.67. The number of rotatable bonds is 4. The van der Waals surface area contributed by atoms with E-state index in [1.807, 2.05) is 0 Å². The smallest absolute Gasteiger partial charge is 0.120 e. The monoisotopic (exact) mass is 126 g/mol. The van der Waals surface area contributed by atoms with E-state index in [2.05, 4.69) is 20.4 Å². The molecule has 9 heavy (non-hydrogen) atoms. The third-order valence-electron chi connectivity index (χ3n) is 1.40. The van der Waals surface area contributed by atoms with Crippen LogP contribution in [-0.2, 0) is 4.79 Å². The van der Waals surface area contributed by atoms with Crippen LogP contribution >= 0.6 is 0 Å². The summed E-state index contributed by atoms with van der Waals surface area (Å²) in [5.74, 6) is 0.518. The summed E-state index contributed by atoms with van der Waals surface area (Å²) in [6.07, 6.45) is 2.41. The molecule has 0 amide bonds. The van der Waals surface area contributed by atoms with Gasteiger partial charge in [0.25, 0.3) is 0 Å². The highest BCUT2D eigenvalue weighted by atomic mass is 16.1. The van der Waals surface area contributed by atoms with Gasteiger partial charge >= 0.3 is 0 Å². The van der Waals surface area contributed by atoms with Crippen molar-refractivity contribution in [2.24, 2.45) is 5.92 Å². The molecule has 0 saturated heterocycles. The zero-order valence-electron chi connectivity index (χ0n) is 6.18. The van der Waals surface area contributed by atoms with E-state index in [-0.39, 0.29) is 0 Å². The molecule has 0 radical (unpaired) electrons. The Bertz CT molecular complexity index is 103. The number of allylic oxidation sites excluding steroid dienone is 1. The summed E-state index contributed by atoms with van der Waals surface area (Å²) in [4.78, 5) is 9.89. The number of hydrogen-bond donors (Lipinski definition) is 0. The summed E-state index contributed by atoms with van der Waals surface area (Å²) in [7, 11) is 0. The Kier molecular flexibility index (Phi) is 4.02. The molecule has 0 N–H and O–H groups in total. The Balaban J connectivity index is 3.38. The fourth-order valence-electron chi connectivity index (χ4n) is 0.533. The predicted octanol–water partition coefficient (Wildman–Crippen LogP) is 2.18. The topological polar surface area (TPSA) is 17.1 Å². The van der Waals surface area contributed by atoms with E-state index in [0.29, 0.717) is 12.3 Å². The molecular formula is C8H14O. The standard InChI is InChI=1S/C8H14O/c1-7(2)8(3)5-4-6-9/h6-7H,3-5H2,1-2H3. The lowest BCUT2D eigenvalue weighted by atomic mass is 10.0. The van der Waals surface area contributed by atoms with Crippen LogP contribution in [0.3, 0.4) is 0 Å². The molecule has 0 atom stereocenters. The van der Waals surface area contributed by atoms with Gasteiger partial charge in [0.05, 0.1) is 0 Å². The Morgan fingerprint density at radius 3 is 2.56 bits per heavy atom. The third-order valence-corrected chi connectivity index (χ3v) is 1.40. The van der Waals surface area contributed by atoms with Crippen LogP contribution in [0, 0.1) is 5.92 Å². The van der Waals surface area contributed by atoms with Gasteiger partial charge in [-0.05, 0) is 12.3 Å². The second-order valence-corrected chi connectivity index (χ2v) is 2.52. The molecule has 0 aliphatic heterocycles. The van der Waals surface area contributed by atoms with E-state index in [4.69, 9.17) is 0 Å². The van der Waals surface area contributed by atoms with Crippen LogP contribution in [0.5, 0.6) is 0 Å². The van der Waals surface area contributed by atoms with E-state index in [0.717, 1.165) is 12.7 Å². The van der Waals surface area contributed by atoms with Crippen molar-refractivity contribution in [2.45, 2.75) is 26.7 Å². The number of carbonyl (C=O) groups excluding carboxylic acids is 1. The molecule has 0 aromatic carbocycles. The fraction of sp³-hybridized carbons (Fsp3) is 0.625. The number of carbonyl (C=O) groups is 1. The fourth-order valence-corrected chi connectivity index (χ4v) is 0.533. The van der Waals surface area contributed by atoms with Crippen molar-refractivity contribution >= 4 is 6.29 Å². The second kappa shape index (κ2) is 4.30. The van der Waals surface area contributed by atoms with Crippen LogP contribution in [0.2, 0.25) is 0 Å². The van der Waals surface area contributed by atoms with Gasteiger partial charge in [-0.2, -0.15) is 0 Å². The summed E-state index contributed by atoms with van der Waals surface area (Å²) in [5.41, 5.74) is 1.17. The maximum atomic E-state index is 9.89. The molecule has 0 bridgehead atoms. The molecule has 52 valence electrons. The minimum absolute atomic E-state index is 0.518. The molecule has 0 saturated carbocycles. The van der Waals surface area contributed by atoms with Crippen LogP contribution in [0.25, 0.3) is 0 Å². The first-order valence-electron chi connectivity index (χ1n) is 3.29. The van der Waals surface area contributed by atoms with Gasteiger partial charge in [-0.25, -0.2) is 0 Å². The first-order chi connectivity index (χ1) is 4.18. The van der Waals surface area contributed by atoms with Crippen LogP contribution in [0.15, 0.2) is 12.2 Å². The molecule has 0 heterocycles. The minimum Gasteiger partial charge on any atom is -0.303 e. The van der Waals surface area contributed by atoms with Gasteiger partial charge in [0.15, 0.2) is 0 Å². The minimum atomic E-state index is 0.518. The molecule has 0 aromatic heterocycles. The zero-order valence-corrected chi connectivity index (χ0v) is 6.18. The Hall–Kier alpha value is -0.590. The second-order valence-electron chi connectivity index (χ2n) is 2.52. The summed E-state index contributed by atoms with van der Waals surface area (Å²) < 4.78 is 0. The molecule has 0 aliphatic carbocycles. The van der Waals surface area contributed by atoms with Gasteiger partial charge in [-0.15, -0.1) is 0 Å². The average Bonchev–Trinajstić information content (AvgIpc) is 1.82. The lowest BCUT2D eigenvalue weighted by Gasteiger charge is -2.05.